The smallest absolute Gasteiger partial charge is 0.408 e. The molecule has 0 aliphatic carbocycles. The van der Waals surface area contributed by atoms with Crippen molar-refractivity contribution in [1.82, 2.24) is 16.0 Å². The van der Waals surface area contributed by atoms with Crippen LogP contribution in [0.2, 0.25) is 0 Å². The van der Waals surface area contributed by atoms with Gasteiger partial charge < -0.3 is 36.6 Å². The van der Waals surface area contributed by atoms with Gasteiger partial charge in [0.1, 0.15) is 28.8 Å². The third kappa shape index (κ3) is 10.7. The van der Waals surface area contributed by atoms with Crippen LogP contribution < -0.4 is 33.0 Å². The molecule has 2 rings (SSSR count). The van der Waals surface area contributed by atoms with Crippen molar-refractivity contribution in [1.29, 1.82) is 0 Å². The van der Waals surface area contributed by atoms with Gasteiger partial charge in [-0.05, 0) is 89.5 Å². The maximum atomic E-state index is 13.9. The minimum absolute atomic E-state index is 0.0289. The van der Waals surface area contributed by atoms with Crippen molar-refractivity contribution < 1.29 is 33.1 Å². The van der Waals surface area contributed by atoms with Gasteiger partial charge in [-0.2, -0.15) is 0 Å². The highest BCUT2D eigenvalue weighted by Crippen LogP contribution is 2.23. The molecule has 3 atom stereocenters. The highest BCUT2D eigenvalue weighted by Gasteiger charge is 2.33. The standard InChI is InChI=1S/C33H49N5O8/c1-17(2)15-23(37-30(42)26(18(3)4)38-32(44)46-33(6,7)8)29(41)36-22(11-9-10-14-34)27(39)25-19(5)21-13-12-20(28(35)40)16-24(21)45-31(25)43/h12-13,16-18,22-23,26H,9-11,14-15,34H2,1-8H3,(H2,35,40)(H,36,41)(H,37,42)(H,38,44)/t22-,23-,26-/m0/s1. The number of Topliss-reactive ketones (excluding diaryl/α,β-unsaturated/α-hetero) is 1. The van der Waals surface area contributed by atoms with E-state index in [1.54, 1.807) is 41.5 Å². The van der Waals surface area contributed by atoms with Gasteiger partial charge in [-0.15, -0.1) is 0 Å². The summed E-state index contributed by atoms with van der Waals surface area (Å²) in [5, 5.41) is 8.51. The molecule has 2 aromatic rings. The van der Waals surface area contributed by atoms with E-state index in [4.69, 9.17) is 20.6 Å². The lowest BCUT2D eigenvalue weighted by Gasteiger charge is -2.28. The van der Waals surface area contributed by atoms with Crippen LogP contribution >= 0.6 is 0 Å². The lowest BCUT2D eigenvalue weighted by Crippen LogP contribution is -2.57. The molecule has 0 saturated carbocycles. The largest absolute Gasteiger partial charge is 0.444 e. The highest BCUT2D eigenvalue weighted by atomic mass is 16.6. The summed E-state index contributed by atoms with van der Waals surface area (Å²) in [7, 11) is 0. The molecule has 1 aromatic carbocycles. The number of nitrogens with two attached hydrogens (primary N) is 2. The SMILES string of the molecule is Cc1c(C(=O)[C@H](CCCCN)NC(=O)[C@H](CC(C)C)NC(=O)[C@@H](NC(=O)OC(C)(C)C)C(C)C)c(=O)oc2cc(C(N)=O)ccc12. The number of hydrogen-bond acceptors (Lipinski definition) is 9. The Hall–Kier alpha value is -4.26. The number of aryl methyl sites for hydroxylation is 1. The molecule has 46 heavy (non-hydrogen) atoms. The number of benzene rings is 1. The fourth-order valence-electron chi connectivity index (χ4n) is 4.94. The number of alkyl carbamates (subject to hydrolysis) is 1. The first-order chi connectivity index (χ1) is 21.4. The molecule has 254 valence electrons. The number of amides is 4. The van der Waals surface area contributed by atoms with Crippen LogP contribution in [-0.2, 0) is 14.3 Å². The monoisotopic (exact) mass is 643 g/mol. The maximum Gasteiger partial charge on any atom is 0.408 e. The molecular formula is C33H49N5O8. The lowest BCUT2D eigenvalue weighted by molar-refractivity contribution is -0.131. The summed E-state index contributed by atoms with van der Waals surface area (Å²) >= 11 is 0. The van der Waals surface area contributed by atoms with Gasteiger partial charge in [-0.1, -0.05) is 33.8 Å². The zero-order valence-electron chi connectivity index (χ0n) is 28.1. The topological polar surface area (TPSA) is 213 Å². The number of carbonyl (C=O) groups excluding carboxylic acids is 5. The average molecular weight is 644 g/mol. The van der Waals surface area contributed by atoms with Gasteiger partial charge in [0, 0.05) is 10.9 Å². The number of carbonyl (C=O) groups is 5. The Morgan fingerprint density at radius 2 is 1.57 bits per heavy atom. The van der Waals surface area contributed by atoms with Crippen LogP contribution in [0.1, 0.15) is 100 Å². The Morgan fingerprint density at radius 3 is 2.11 bits per heavy atom. The van der Waals surface area contributed by atoms with Gasteiger partial charge in [0.25, 0.3) is 0 Å². The van der Waals surface area contributed by atoms with Crippen LogP contribution in [0, 0.1) is 18.8 Å². The second-order valence-corrected chi connectivity index (χ2v) is 13.2. The molecule has 1 aromatic heterocycles. The predicted molar refractivity (Wildman–Crippen MR) is 174 cm³/mol. The number of nitrogens with one attached hydrogen (secondary N) is 3. The number of ether oxygens (including phenoxy) is 1. The van der Waals surface area contributed by atoms with E-state index < -0.39 is 59.0 Å². The van der Waals surface area contributed by atoms with E-state index in [9.17, 15) is 28.8 Å². The van der Waals surface area contributed by atoms with Crippen molar-refractivity contribution in [2.45, 2.75) is 105 Å². The van der Waals surface area contributed by atoms with Gasteiger partial charge in [0.15, 0.2) is 5.78 Å². The van der Waals surface area contributed by atoms with Crippen LogP contribution in [0.3, 0.4) is 0 Å². The molecule has 7 N–H and O–H groups in total. The first-order valence-corrected chi connectivity index (χ1v) is 15.6. The van der Waals surface area contributed by atoms with Gasteiger partial charge in [-0.3, -0.25) is 19.2 Å². The molecule has 0 unspecified atom stereocenters. The molecule has 0 saturated heterocycles. The Balaban J connectivity index is 2.41. The lowest BCUT2D eigenvalue weighted by atomic mass is 9.94. The molecule has 0 fully saturated rings. The first-order valence-electron chi connectivity index (χ1n) is 15.6. The Morgan fingerprint density at radius 1 is 0.935 bits per heavy atom. The maximum absolute atomic E-state index is 13.9. The Kier molecular flexibility index (Phi) is 13.5. The third-order valence-electron chi connectivity index (χ3n) is 7.24. The van der Waals surface area contributed by atoms with E-state index in [0.29, 0.717) is 30.3 Å². The van der Waals surface area contributed by atoms with Crippen LogP contribution in [0.15, 0.2) is 27.4 Å². The van der Waals surface area contributed by atoms with Crippen molar-refractivity contribution >= 4 is 40.6 Å². The van der Waals surface area contributed by atoms with Gasteiger partial charge in [-0.25, -0.2) is 9.59 Å². The van der Waals surface area contributed by atoms with Crippen LogP contribution in [-0.4, -0.2) is 59.9 Å². The summed E-state index contributed by atoms with van der Waals surface area (Å²) in [6.07, 6.45) is 0.685. The minimum Gasteiger partial charge on any atom is -0.444 e. The number of hydrogen-bond donors (Lipinski definition) is 5. The minimum atomic E-state index is -1.13. The number of fused-ring (bicyclic) bond motifs is 1. The predicted octanol–water partition coefficient (Wildman–Crippen LogP) is 3.08. The zero-order valence-corrected chi connectivity index (χ0v) is 28.1. The molecular weight excluding hydrogens is 594 g/mol. The Labute approximate surface area is 269 Å². The van der Waals surface area contributed by atoms with Crippen molar-refractivity contribution in [2.75, 3.05) is 6.54 Å². The zero-order chi connectivity index (χ0) is 34.9. The Bertz CT molecular complexity index is 1490. The molecule has 0 aliphatic rings. The quantitative estimate of drug-likeness (QED) is 0.109. The van der Waals surface area contributed by atoms with Gasteiger partial charge in [0.05, 0.1) is 6.04 Å². The van der Waals surface area contributed by atoms with E-state index in [1.807, 2.05) is 13.8 Å². The molecule has 1 heterocycles. The normalized spacial score (nSPS) is 13.6. The summed E-state index contributed by atoms with van der Waals surface area (Å²) in [6, 6.07) is 1.16. The molecule has 0 radical (unpaired) electrons. The van der Waals surface area contributed by atoms with E-state index in [2.05, 4.69) is 16.0 Å². The van der Waals surface area contributed by atoms with Crippen molar-refractivity contribution in [3.05, 3.63) is 45.3 Å². The highest BCUT2D eigenvalue weighted by molar-refractivity contribution is 6.06. The fourth-order valence-corrected chi connectivity index (χ4v) is 4.94. The fraction of sp³-hybridized carbons (Fsp3) is 0.576. The number of rotatable bonds is 15. The molecule has 0 aliphatic heterocycles. The summed E-state index contributed by atoms with van der Waals surface area (Å²) in [5.74, 6) is -2.93. The van der Waals surface area contributed by atoms with Crippen LogP contribution in [0.25, 0.3) is 11.0 Å². The second-order valence-electron chi connectivity index (χ2n) is 13.2. The van der Waals surface area contributed by atoms with Crippen LogP contribution in [0.5, 0.6) is 0 Å². The van der Waals surface area contributed by atoms with Crippen LogP contribution in [0.4, 0.5) is 4.79 Å². The van der Waals surface area contributed by atoms with Crippen molar-refractivity contribution in [2.24, 2.45) is 23.3 Å². The average Bonchev–Trinajstić information content (AvgIpc) is 2.93. The summed E-state index contributed by atoms with van der Waals surface area (Å²) in [6.45, 7) is 14.3. The van der Waals surface area contributed by atoms with Crippen molar-refractivity contribution in [3.63, 3.8) is 0 Å². The molecule has 13 nitrogen and oxygen atoms in total. The van der Waals surface area contributed by atoms with Gasteiger partial charge >= 0.3 is 11.7 Å². The number of primary amides is 1. The molecule has 0 spiro atoms. The number of ketones is 1. The number of unbranched alkanes of at least 4 members (excludes halogenated alkanes) is 1. The van der Waals surface area contributed by atoms with Crippen molar-refractivity contribution in [3.8, 4) is 0 Å². The van der Waals surface area contributed by atoms with E-state index in [0.717, 1.165) is 0 Å². The second kappa shape index (κ2) is 16.3. The molecule has 0 bridgehead atoms. The molecule has 13 heteroatoms. The van der Waals surface area contributed by atoms with E-state index in [1.165, 1.54) is 18.2 Å². The van der Waals surface area contributed by atoms with E-state index >= 15 is 0 Å². The van der Waals surface area contributed by atoms with Gasteiger partial charge in [0.2, 0.25) is 17.7 Å². The summed E-state index contributed by atoms with van der Waals surface area (Å²) < 4.78 is 10.7. The summed E-state index contributed by atoms with van der Waals surface area (Å²) in [5.41, 5.74) is 9.65. The molecule has 4 amide bonds. The third-order valence-corrected chi connectivity index (χ3v) is 7.24. The summed E-state index contributed by atoms with van der Waals surface area (Å²) in [4.78, 5) is 78.2. The first kappa shape index (κ1) is 37.9. The van der Waals surface area contributed by atoms with E-state index in [-0.39, 0.29) is 41.4 Å².